The van der Waals surface area contributed by atoms with Crippen molar-refractivity contribution in [2.45, 2.75) is 32.0 Å². The van der Waals surface area contributed by atoms with Gasteiger partial charge in [-0.05, 0) is 25.3 Å². The molecular weight excluding hydrogens is 319 g/mol. The summed E-state index contributed by atoms with van der Waals surface area (Å²) in [5, 5.41) is 3.43. The van der Waals surface area contributed by atoms with Crippen LogP contribution in [0.4, 0.5) is 13.2 Å². The van der Waals surface area contributed by atoms with Crippen LogP contribution < -0.4 is 0 Å². The summed E-state index contributed by atoms with van der Waals surface area (Å²) in [6.45, 7) is 2.51. The molecule has 1 amide bonds. The smallest absolute Gasteiger partial charge is 0.330 e. The molecule has 128 valence electrons. The number of aryl methyl sites for hydroxylation is 2. The third-order valence-corrected chi connectivity index (χ3v) is 4.33. The summed E-state index contributed by atoms with van der Waals surface area (Å²) in [6, 6.07) is 8.59. The van der Waals surface area contributed by atoms with Crippen molar-refractivity contribution in [3.05, 3.63) is 52.8 Å². The monoisotopic (exact) mass is 337 g/mol. The normalized spacial score (nSPS) is 18.2. The molecule has 7 heteroatoms. The second kappa shape index (κ2) is 5.96. The van der Waals surface area contributed by atoms with Crippen molar-refractivity contribution < 1.29 is 18.0 Å². The molecule has 1 atom stereocenters. The molecule has 1 aromatic heterocycles. The first-order chi connectivity index (χ1) is 11.3. The number of alkyl halides is 3. The molecule has 3 rings (SSSR count). The largest absolute Gasteiger partial charge is 0.435 e. The Bertz CT molecular complexity index is 767. The average Bonchev–Trinajstić information content (AvgIpc) is 3.12. The SMILES string of the molecule is Cc1cccc([C@H]2CCCN2C(=O)c2cc(C(F)(F)F)nn2C)c1. The van der Waals surface area contributed by atoms with Gasteiger partial charge in [-0.2, -0.15) is 18.3 Å². The number of rotatable bonds is 2. The van der Waals surface area contributed by atoms with Crippen LogP contribution >= 0.6 is 0 Å². The molecule has 1 aromatic carbocycles. The van der Waals surface area contributed by atoms with Gasteiger partial charge < -0.3 is 4.90 Å². The number of hydrogen-bond donors (Lipinski definition) is 0. The highest BCUT2D eigenvalue weighted by atomic mass is 19.4. The van der Waals surface area contributed by atoms with Crippen molar-refractivity contribution in [2.75, 3.05) is 6.54 Å². The van der Waals surface area contributed by atoms with Crippen molar-refractivity contribution in [3.63, 3.8) is 0 Å². The first kappa shape index (κ1) is 16.5. The third kappa shape index (κ3) is 3.02. The molecular formula is C17H18F3N3O. The van der Waals surface area contributed by atoms with E-state index >= 15 is 0 Å². The Hall–Kier alpha value is -2.31. The minimum absolute atomic E-state index is 0.0399. The number of carbonyl (C=O) groups excluding carboxylic acids is 1. The lowest BCUT2D eigenvalue weighted by Gasteiger charge is -2.25. The van der Waals surface area contributed by atoms with Gasteiger partial charge in [0.05, 0.1) is 6.04 Å². The van der Waals surface area contributed by atoms with Gasteiger partial charge in [-0.3, -0.25) is 9.48 Å². The van der Waals surface area contributed by atoms with Gasteiger partial charge in [-0.15, -0.1) is 0 Å². The molecule has 2 heterocycles. The molecule has 0 radical (unpaired) electrons. The molecule has 2 aromatic rings. The van der Waals surface area contributed by atoms with Crippen LogP contribution in [0.25, 0.3) is 0 Å². The van der Waals surface area contributed by atoms with Gasteiger partial charge in [0.2, 0.25) is 0 Å². The van der Waals surface area contributed by atoms with Gasteiger partial charge in [0, 0.05) is 19.7 Å². The Morgan fingerprint density at radius 1 is 1.29 bits per heavy atom. The van der Waals surface area contributed by atoms with E-state index in [0.29, 0.717) is 6.54 Å². The zero-order chi connectivity index (χ0) is 17.5. The van der Waals surface area contributed by atoms with Gasteiger partial charge in [0.15, 0.2) is 5.69 Å². The molecule has 1 fully saturated rings. The van der Waals surface area contributed by atoms with E-state index in [2.05, 4.69) is 5.10 Å². The van der Waals surface area contributed by atoms with E-state index in [0.717, 1.165) is 34.7 Å². The molecule has 1 saturated heterocycles. The number of benzene rings is 1. The number of likely N-dealkylation sites (tertiary alicyclic amines) is 1. The standard InChI is InChI=1S/C17H18F3N3O/c1-11-5-3-6-12(9-11)13-7-4-8-23(13)16(24)14-10-15(17(18,19)20)21-22(14)2/h3,5-6,9-10,13H,4,7-8H2,1-2H3/t13-/m1/s1. The number of halogens is 3. The van der Waals surface area contributed by atoms with Crippen molar-refractivity contribution in [2.24, 2.45) is 7.05 Å². The fourth-order valence-electron chi connectivity index (χ4n) is 3.19. The molecule has 0 spiro atoms. The maximum absolute atomic E-state index is 12.8. The first-order valence-corrected chi connectivity index (χ1v) is 7.76. The number of carbonyl (C=O) groups is 1. The Kier molecular flexibility index (Phi) is 4.11. The Morgan fingerprint density at radius 3 is 2.67 bits per heavy atom. The number of aromatic nitrogens is 2. The van der Waals surface area contributed by atoms with Crippen LogP contribution in [-0.4, -0.2) is 27.1 Å². The summed E-state index contributed by atoms with van der Waals surface area (Å²) in [5.41, 5.74) is 1.02. The van der Waals surface area contributed by atoms with Crippen molar-refractivity contribution in [1.29, 1.82) is 0 Å². The Balaban J connectivity index is 1.90. The van der Waals surface area contributed by atoms with Crippen LogP contribution in [0.3, 0.4) is 0 Å². The van der Waals surface area contributed by atoms with Crippen molar-refractivity contribution in [3.8, 4) is 0 Å². The van der Waals surface area contributed by atoms with E-state index < -0.39 is 17.8 Å². The first-order valence-electron chi connectivity index (χ1n) is 7.76. The molecule has 0 unspecified atom stereocenters. The molecule has 1 aliphatic rings. The molecule has 0 bridgehead atoms. The van der Waals surface area contributed by atoms with E-state index in [1.807, 2.05) is 31.2 Å². The lowest BCUT2D eigenvalue weighted by atomic mass is 10.0. The van der Waals surface area contributed by atoms with Crippen LogP contribution in [0.2, 0.25) is 0 Å². The van der Waals surface area contributed by atoms with Crippen LogP contribution in [0.15, 0.2) is 30.3 Å². The molecule has 0 aliphatic carbocycles. The summed E-state index contributed by atoms with van der Waals surface area (Å²) in [5.74, 6) is -0.412. The number of hydrogen-bond acceptors (Lipinski definition) is 2. The maximum Gasteiger partial charge on any atom is 0.435 e. The predicted molar refractivity (Wildman–Crippen MR) is 82.4 cm³/mol. The summed E-state index contributed by atoms with van der Waals surface area (Å²) in [4.78, 5) is 14.4. The van der Waals surface area contributed by atoms with E-state index in [9.17, 15) is 18.0 Å². The zero-order valence-corrected chi connectivity index (χ0v) is 13.5. The van der Waals surface area contributed by atoms with Gasteiger partial charge >= 0.3 is 6.18 Å². The fourth-order valence-corrected chi connectivity index (χ4v) is 3.19. The average molecular weight is 337 g/mol. The van der Waals surface area contributed by atoms with Gasteiger partial charge in [-0.25, -0.2) is 0 Å². The lowest BCUT2D eigenvalue weighted by molar-refractivity contribution is -0.141. The molecule has 1 aliphatic heterocycles. The second-order valence-electron chi connectivity index (χ2n) is 6.11. The highest BCUT2D eigenvalue weighted by Crippen LogP contribution is 2.34. The Morgan fingerprint density at radius 2 is 2.04 bits per heavy atom. The highest BCUT2D eigenvalue weighted by molar-refractivity contribution is 5.93. The minimum atomic E-state index is -4.56. The molecule has 0 saturated carbocycles. The molecule has 4 nitrogen and oxygen atoms in total. The Labute approximate surface area is 137 Å². The van der Waals surface area contributed by atoms with E-state index in [4.69, 9.17) is 0 Å². The van der Waals surface area contributed by atoms with Crippen LogP contribution in [-0.2, 0) is 13.2 Å². The summed E-state index contributed by atoms with van der Waals surface area (Å²) >= 11 is 0. The minimum Gasteiger partial charge on any atom is -0.330 e. The quantitative estimate of drug-likeness (QED) is 0.838. The van der Waals surface area contributed by atoms with E-state index in [1.54, 1.807) is 4.90 Å². The predicted octanol–water partition coefficient (Wildman–Crippen LogP) is 3.72. The third-order valence-electron chi connectivity index (χ3n) is 4.33. The van der Waals surface area contributed by atoms with Crippen LogP contribution in [0, 0.1) is 6.92 Å². The van der Waals surface area contributed by atoms with Crippen molar-refractivity contribution >= 4 is 5.91 Å². The van der Waals surface area contributed by atoms with E-state index in [1.165, 1.54) is 7.05 Å². The van der Waals surface area contributed by atoms with Crippen LogP contribution in [0.5, 0.6) is 0 Å². The molecule has 0 N–H and O–H groups in total. The summed E-state index contributed by atoms with van der Waals surface area (Å²) < 4.78 is 39.4. The lowest BCUT2D eigenvalue weighted by Crippen LogP contribution is -2.32. The summed E-state index contributed by atoms with van der Waals surface area (Å²) in [7, 11) is 1.36. The van der Waals surface area contributed by atoms with Crippen molar-refractivity contribution in [1.82, 2.24) is 14.7 Å². The zero-order valence-electron chi connectivity index (χ0n) is 13.5. The number of amides is 1. The fraction of sp³-hybridized carbons (Fsp3) is 0.412. The van der Waals surface area contributed by atoms with Crippen LogP contribution in [0.1, 0.15) is 46.2 Å². The molecule has 24 heavy (non-hydrogen) atoms. The topological polar surface area (TPSA) is 38.1 Å². The second-order valence-corrected chi connectivity index (χ2v) is 6.11. The highest BCUT2D eigenvalue weighted by Gasteiger charge is 2.37. The van der Waals surface area contributed by atoms with Gasteiger partial charge in [-0.1, -0.05) is 29.8 Å². The van der Waals surface area contributed by atoms with Gasteiger partial charge in [0.25, 0.3) is 5.91 Å². The number of nitrogens with zero attached hydrogens (tertiary/aromatic N) is 3. The summed E-state index contributed by atoms with van der Waals surface area (Å²) in [6.07, 6.45) is -2.93. The van der Waals surface area contributed by atoms with E-state index in [-0.39, 0.29) is 11.7 Å². The van der Waals surface area contributed by atoms with Gasteiger partial charge in [0.1, 0.15) is 5.69 Å². The maximum atomic E-state index is 12.8.